The molecule has 2 aliphatic rings. The number of amides is 2. The minimum atomic E-state index is -0.588. The van der Waals surface area contributed by atoms with Crippen LogP contribution in [0.1, 0.15) is 65.0 Å². The molecule has 1 aromatic rings. The molecule has 8 nitrogen and oxygen atoms in total. The van der Waals surface area contributed by atoms with E-state index in [2.05, 4.69) is 36.6 Å². The number of hydrogen-bond acceptors (Lipinski definition) is 6. The lowest BCUT2D eigenvalue weighted by molar-refractivity contribution is -0.149. The molecule has 0 aromatic heterocycles. The number of carbonyl (C=O) groups is 3. The van der Waals surface area contributed by atoms with Crippen LogP contribution in [0.15, 0.2) is 29.4 Å². The van der Waals surface area contributed by atoms with Crippen molar-refractivity contribution < 1.29 is 23.9 Å². The Morgan fingerprint density at radius 3 is 2.41 bits per heavy atom. The molecule has 2 amide bonds. The highest BCUT2D eigenvalue weighted by atomic mass is 16.5. The number of hydrazone groups is 1. The first-order valence-electron chi connectivity index (χ1n) is 11.0. The first kappa shape index (κ1) is 23.8. The maximum atomic E-state index is 12.3. The van der Waals surface area contributed by atoms with Crippen LogP contribution >= 0.6 is 0 Å². The molecule has 8 heteroatoms. The molecule has 0 spiro atoms. The number of carbonyl (C=O) groups excluding carboxylic acids is 3. The highest BCUT2D eigenvalue weighted by Gasteiger charge is 2.60. The predicted octanol–water partition coefficient (Wildman–Crippen LogP) is 3.12. The van der Waals surface area contributed by atoms with Crippen LogP contribution in [0.2, 0.25) is 0 Å². The van der Waals surface area contributed by atoms with Gasteiger partial charge in [-0.2, -0.15) is 5.10 Å². The number of esters is 1. The van der Waals surface area contributed by atoms with Crippen molar-refractivity contribution in [2.24, 2.45) is 21.8 Å². The van der Waals surface area contributed by atoms with Gasteiger partial charge in [0.2, 0.25) is 5.91 Å². The SMILES string of the molecule is COc1ccc(C(CC(=O)OCC(=O)N/N=C2\CC3CCC2(C)C3(C)C)NC(C)=O)cc1. The molecule has 0 aliphatic heterocycles. The number of methoxy groups -OCH3 is 1. The molecule has 2 fully saturated rings. The average Bonchev–Trinajstić information content (AvgIpc) is 3.09. The zero-order valence-corrected chi connectivity index (χ0v) is 19.5. The average molecular weight is 444 g/mol. The van der Waals surface area contributed by atoms with Gasteiger partial charge in [0.15, 0.2) is 6.61 Å². The van der Waals surface area contributed by atoms with Gasteiger partial charge in [-0.15, -0.1) is 0 Å². The van der Waals surface area contributed by atoms with Crippen LogP contribution in [0.4, 0.5) is 0 Å². The van der Waals surface area contributed by atoms with E-state index in [9.17, 15) is 14.4 Å². The smallest absolute Gasteiger partial charge is 0.308 e. The van der Waals surface area contributed by atoms with Gasteiger partial charge in [-0.05, 0) is 48.3 Å². The normalized spacial score (nSPS) is 25.3. The van der Waals surface area contributed by atoms with E-state index >= 15 is 0 Å². The summed E-state index contributed by atoms with van der Waals surface area (Å²) in [7, 11) is 1.56. The van der Waals surface area contributed by atoms with Crippen molar-refractivity contribution >= 4 is 23.5 Å². The van der Waals surface area contributed by atoms with Gasteiger partial charge in [0, 0.05) is 18.1 Å². The van der Waals surface area contributed by atoms with Crippen LogP contribution in [-0.2, 0) is 19.1 Å². The van der Waals surface area contributed by atoms with Crippen LogP contribution in [0.25, 0.3) is 0 Å². The van der Waals surface area contributed by atoms with Crippen molar-refractivity contribution in [1.82, 2.24) is 10.7 Å². The fraction of sp³-hybridized carbons (Fsp3) is 0.583. The highest BCUT2D eigenvalue weighted by Crippen LogP contribution is 2.63. The van der Waals surface area contributed by atoms with E-state index in [0.717, 1.165) is 24.1 Å². The summed E-state index contributed by atoms with van der Waals surface area (Å²) < 4.78 is 10.3. The largest absolute Gasteiger partial charge is 0.497 e. The van der Waals surface area contributed by atoms with E-state index in [0.29, 0.717) is 11.7 Å². The molecular formula is C24H33N3O5. The highest BCUT2D eigenvalue weighted by molar-refractivity contribution is 5.95. The van der Waals surface area contributed by atoms with Crippen molar-refractivity contribution in [3.05, 3.63) is 29.8 Å². The number of rotatable bonds is 8. The fourth-order valence-electron chi connectivity index (χ4n) is 4.97. The van der Waals surface area contributed by atoms with Crippen molar-refractivity contribution in [3.63, 3.8) is 0 Å². The molecular weight excluding hydrogens is 410 g/mol. The summed E-state index contributed by atoms with van der Waals surface area (Å²) in [5.41, 5.74) is 4.46. The van der Waals surface area contributed by atoms with Gasteiger partial charge in [0.1, 0.15) is 5.75 Å². The number of nitrogens with zero attached hydrogens (tertiary/aromatic N) is 1. The molecule has 3 atom stereocenters. The number of nitrogens with one attached hydrogen (secondary N) is 2. The van der Waals surface area contributed by atoms with E-state index in [1.807, 2.05) is 0 Å². The Labute approximate surface area is 189 Å². The molecule has 174 valence electrons. The Bertz CT molecular complexity index is 909. The van der Waals surface area contributed by atoms with Crippen molar-refractivity contribution in [1.29, 1.82) is 0 Å². The molecule has 0 heterocycles. The molecule has 32 heavy (non-hydrogen) atoms. The minimum absolute atomic E-state index is 0.00836. The Morgan fingerprint density at radius 2 is 1.88 bits per heavy atom. The lowest BCUT2D eigenvalue weighted by Crippen LogP contribution is -2.35. The van der Waals surface area contributed by atoms with Gasteiger partial charge >= 0.3 is 5.97 Å². The Balaban J connectivity index is 1.52. The lowest BCUT2D eigenvalue weighted by atomic mass is 9.70. The topological polar surface area (TPSA) is 106 Å². The van der Waals surface area contributed by atoms with E-state index in [4.69, 9.17) is 9.47 Å². The minimum Gasteiger partial charge on any atom is -0.497 e. The summed E-state index contributed by atoms with van der Waals surface area (Å²) in [4.78, 5) is 36.1. The Morgan fingerprint density at radius 1 is 1.19 bits per heavy atom. The maximum Gasteiger partial charge on any atom is 0.308 e. The van der Waals surface area contributed by atoms with Crippen molar-refractivity contribution in [2.75, 3.05) is 13.7 Å². The number of benzene rings is 1. The first-order valence-corrected chi connectivity index (χ1v) is 11.0. The maximum absolute atomic E-state index is 12.3. The summed E-state index contributed by atoms with van der Waals surface area (Å²) in [5.74, 6) is -0.0750. The summed E-state index contributed by atoms with van der Waals surface area (Å²) in [5, 5.41) is 7.11. The third-order valence-corrected chi connectivity index (χ3v) is 7.46. The van der Waals surface area contributed by atoms with E-state index < -0.39 is 24.5 Å². The lowest BCUT2D eigenvalue weighted by Gasteiger charge is -2.34. The Kier molecular flexibility index (Phi) is 6.91. The molecule has 2 aliphatic carbocycles. The van der Waals surface area contributed by atoms with Crippen LogP contribution in [0, 0.1) is 16.7 Å². The molecule has 3 rings (SSSR count). The van der Waals surface area contributed by atoms with Gasteiger partial charge in [-0.3, -0.25) is 14.4 Å². The molecule has 3 unspecified atom stereocenters. The zero-order chi connectivity index (χ0) is 23.5. The molecule has 2 N–H and O–H groups in total. The van der Waals surface area contributed by atoms with Gasteiger partial charge in [0.25, 0.3) is 5.91 Å². The predicted molar refractivity (Wildman–Crippen MR) is 120 cm³/mol. The quantitative estimate of drug-likeness (QED) is 0.474. The summed E-state index contributed by atoms with van der Waals surface area (Å²) in [6.45, 7) is 7.71. The third-order valence-electron chi connectivity index (χ3n) is 7.46. The van der Waals surface area contributed by atoms with E-state index in [1.54, 1.807) is 31.4 Å². The second-order valence-electron chi connectivity index (χ2n) is 9.48. The fourth-order valence-corrected chi connectivity index (χ4v) is 4.97. The van der Waals surface area contributed by atoms with Crippen LogP contribution < -0.4 is 15.5 Å². The van der Waals surface area contributed by atoms with Gasteiger partial charge < -0.3 is 14.8 Å². The molecule has 1 aromatic carbocycles. The van der Waals surface area contributed by atoms with E-state index in [1.165, 1.54) is 13.3 Å². The second kappa shape index (κ2) is 9.30. The second-order valence-corrected chi connectivity index (χ2v) is 9.48. The van der Waals surface area contributed by atoms with Crippen LogP contribution in [0.5, 0.6) is 5.75 Å². The third kappa shape index (κ3) is 4.79. The monoisotopic (exact) mass is 443 g/mol. The van der Waals surface area contributed by atoms with Gasteiger partial charge in [0.05, 0.1) is 19.6 Å². The number of ether oxygens (including phenoxy) is 2. The van der Waals surface area contributed by atoms with E-state index in [-0.39, 0.29) is 23.2 Å². The van der Waals surface area contributed by atoms with Crippen LogP contribution in [0.3, 0.4) is 0 Å². The van der Waals surface area contributed by atoms with Gasteiger partial charge in [-0.1, -0.05) is 32.9 Å². The van der Waals surface area contributed by atoms with Crippen LogP contribution in [-0.4, -0.2) is 37.2 Å². The number of hydrogen-bond donors (Lipinski definition) is 2. The molecule has 0 saturated heterocycles. The Hall–Kier alpha value is -2.90. The van der Waals surface area contributed by atoms with Crippen molar-refractivity contribution in [2.45, 2.75) is 59.4 Å². The van der Waals surface area contributed by atoms with Gasteiger partial charge in [-0.25, -0.2) is 5.43 Å². The summed E-state index contributed by atoms with van der Waals surface area (Å²) in [6.07, 6.45) is 3.06. The molecule has 2 saturated carbocycles. The standard InChI is InChI=1S/C24H33N3O5/c1-15(28)25-19(16-6-8-18(31-5)9-7-16)13-22(30)32-14-21(29)27-26-20-12-17-10-11-24(20,4)23(17,2)3/h6-9,17,19H,10-14H2,1-5H3,(H,25,28)(H,27,29)/b26-20+. The zero-order valence-electron chi connectivity index (χ0n) is 19.5. The molecule has 2 bridgehead atoms. The first-order chi connectivity index (χ1) is 15.1. The molecule has 0 radical (unpaired) electrons. The summed E-state index contributed by atoms with van der Waals surface area (Å²) in [6, 6.07) is 6.48. The number of fused-ring (bicyclic) bond motifs is 2. The van der Waals surface area contributed by atoms with Crippen molar-refractivity contribution in [3.8, 4) is 5.75 Å². The summed E-state index contributed by atoms with van der Waals surface area (Å²) >= 11 is 0.